The molecule has 0 radical (unpaired) electrons. The fraction of sp³-hybridized carbons (Fsp3) is 0.467. The summed E-state index contributed by atoms with van der Waals surface area (Å²) in [7, 11) is 0. The fourth-order valence-corrected chi connectivity index (χ4v) is 2.03. The topological polar surface area (TPSA) is 66.8 Å². The van der Waals surface area contributed by atoms with E-state index in [2.05, 4.69) is 18.7 Å². The van der Waals surface area contributed by atoms with Gasteiger partial charge in [-0.25, -0.2) is 4.79 Å². The van der Waals surface area contributed by atoms with Gasteiger partial charge in [0.15, 0.2) is 0 Å². The molecule has 5 heteroatoms. The molecule has 0 aliphatic carbocycles. The summed E-state index contributed by atoms with van der Waals surface area (Å²) >= 11 is 0. The third-order valence-electron chi connectivity index (χ3n) is 3.16. The van der Waals surface area contributed by atoms with Gasteiger partial charge < -0.3 is 14.7 Å². The van der Waals surface area contributed by atoms with Crippen LogP contribution in [0.3, 0.4) is 0 Å². The smallest absolute Gasteiger partial charge is 0.339 e. The molecule has 1 aromatic carbocycles. The Morgan fingerprint density at radius 2 is 1.90 bits per heavy atom. The van der Waals surface area contributed by atoms with E-state index in [1.165, 1.54) is 13.0 Å². The number of para-hydroxylation sites is 1. The number of ether oxygens (including phenoxy) is 1. The van der Waals surface area contributed by atoms with E-state index in [-0.39, 0.29) is 11.3 Å². The zero-order valence-electron chi connectivity index (χ0n) is 12.2. The molecule has 1 N–H and O–H groups in total. The second-order valence-corrected chi connectivity index (χ2v) is 4.47. The van der Waals surface area contributed by atoms with E-state index >= 15 is 0 Å². The zero-order valence-corrected chi connectivity index (χ0v) is 12.2. The normalized spacial score (nSPS) is 10.6. The number of benzene rings is 1. The van der Waals surface area contributed by atoms with Crippen LogP contribution in [0.5, 0.6) is 5.75 Å². The fourth-order valence-electron chi connectivity index (χ4n) is 2.03. The number of carboxylic acids is 1. The van der Waals surface area contributed by atoms with E-state index in [4.69, 9.17) is 4.74 Å². The van der Waals surface area contributed by atoms with E-state index in [1.54, 1.807) is 12.1 Å². The summed E-state index contributed by atoms with van der Waals surface area (Å²) in [4.78, 5) is 24.6. The van der Waals surface area contributed by atoms with Gasteiger partial charge >= 0.3 is 11.9 Å². The minimum Gasteiger partial charge on any atom is -0.478 e. The van der Waals surface area contributed by atoms with Gasteiger partial charge in [-0.15, -0.1) is 0 Å². The third kappa shape index (κ3) is 4.35. The van der Waals surface area contributed by atoms with Crippen LogP contribution in [0.15, 0.2) is 18.2 Å². The molecule has 110 valence electrons. The van der Waals surface area contributed by atoms with Crippen molar-refractivity contribution in [2.45, 2.75) is 27.2 Å². The van der Waals surface area contributed by atoms with E-state index < -0.39 is 11.9 Å². The molecule has 0 bridgehead atoms. The summed E-state index contributed by atoms with van der Waals surface area (Å²) in [5, 5.41) is 9.17. The van der Waals surface area contributed by atoms with Crippen LogP contribution in [-0.4, -0.2) is 41.6 Å². The number of hydrogen-bond acceptors (Lipinski definition) is 4. The van der Waals surface area contributed by atoms with Gasteiger partial charge in [0, 0.05) is 13.5 Å². The van der Waals surface area contributed by atoms with Crippen LogP contribution in [-0.2, 0) is 11.2 Å². The van der Waals surface area contributed by atoms with Crippen molar-refractivity contribution in [2.24, 2.45) is 0 Å². The van der Waals surface area contributed by atoms with Gasteiger partial charge in [0.25, 0.3) is 0 Å². The van der Waals surface area contributed by atoms with Crippen molar-refractivity contribution < 1.29 is 19.4 Å². The Morgan fingerprint density at radius 3 is 2.40 bits per heavy atom. The van der Waals surface area contributed by atoms with Crippen LogP contribution in [0.1, 0.15) is 36.7 Å². The number of hydrogen-bond donors (Lipinski definition) is 1. The maximum atomic E-state index is 11.2. The van der Waals surface area contributed by atoms with Crippen LogP contribution in [0.4, 0.5) is 0 Å². The van der Waals surface area contributed by atoms with Gasteiger partial charge in [-0.1, -0.05) is 26.0 Å². The lowest BCUT2D eigenvalue weighted by Crippen LogP contribution is -2.25. The summed E-state index contributed by atoms with van der Waals surface area (Å²) in [5.74, 6) is -1.44. The standard InChI is InChI=1S/C15H21NO4/c1-4-16(5-2)10-9-12-7-6-8-13(15(18)19)14(12)20-11(3)17/h6-8H,4-5,9-10H2,1-3H3,(H,18,19). The number of rotatable bonds is 7. The van der Waals surface area contributed by atoms with Crippen LogP contribution in [0.2, 0.25) is 0 Å². The lowest BCUT2D eigenvalue weighted by atomic mass is 10.1. The molecule has 0 aliphatic rings. The molecule has 1 aromatic rings. The Balaban J connectivity index is 3.02. The minimum atomic E-state index is -1.09. The quantitative estimate of drug-likeness (QED) is 0.612. The molecule has 0 saturated carbocycles. The maximum Gasteiger partial charge on any atom is 0.339 e. The van der Waals surface area contributed by atoms with Gasteiger partial charge in [-0.2, -0.15) is 0 Å². The van der Waals surface area contributed by atoms with E-state index in [0.29, 0.717) is 6.42 Å². The maximum absolute atomic E-state index is 11.2. The molecule has 0 unspecified atom stereocenters. The van der Waals surface area contributed by atoms with Gasteiger partial charge in [0.2, 0.25) is 0 Å². The van der Waals surface area contributed by atoms with Crippen molar-refractivity contribution in [2.75, 3.05) is 19.6 Å². The summed E-state index contributed by atoms with van der Waals surface area (Å²) < 4.78 is 5.10. The van der Waals surface area contributed by atoms with Gasteiger partial charge in [0.05, 0.1) is 0 Å². The molecule has 5 nitrogen and oxygen atoms in total. The first-order chi connectivity index (χ1) is 9.49. The van der Waals surface area contributed by atoms with Crippen LogP contribution >= 0.6 is 0 Å². The number of carboxylic acid groups (broad SMARTS) is 1. The second kappa shape index (κ2) is 7.65. The van der Waals surface area contributed by atoms with Crippen molar-refractivity contribution >= 4 is 11.9 Å². The monoisotopic (exact) mass is 279 g/mol. The number of nitrogens with zero attached hydrogens (tertiary/aromatic N) is 1. The Kier molecular flexibility index (Phi) is 6.18. The molecule has 20 heavy (non-hydrogen) atoms. The average Bonchev–Trinajstić information content (AvgIpc) is 2.40. The molecule has 0 heterocycles. The van der Waals surface area contributed by atoms with E-state index in [1.807, 2.05) is 0 Å². The number of carbonyl (C=O) groups is 2. The number of likely N-dealkylation sites (N-methyl/N-ethyl adjacent to an activating group) is 1. The number of aromatic carboxylic acids is 1. The summed E-state index contributed by atoms with van der Waals surface area (Å²) in [6, 6.07) is 4.92. The molecule has 0 saturated heterocycles. The van der Waals surface area contributed by atoms with Crippen molar-refractivity contribution in [3.05, 3.63) is 29.3 Å². The van der Waals surface area contributed by atoms with Gasteiger partial charge in [0.1, 0.15) is 11.3 Å². The zero-order chi connectivity index (χ0) is 15.1. The van der Waals surface area contributed by atoms with Crippen molar-refractivity contribution in [1.29, 1.82) is 0 Å². The number of esters is 1. The Labute approximate surface area is 119 Å². The molecular weight excluding hydrogens is 258 g/mol. The number of carbonyl (C=O) groups excluding carboxylic acids is 1. The van der Waals surface area contributed by atoms with Crippen molar-refractivity contribution in [3.8, 4) is 5.75 Å². The summed E-state index contributed by atoms with van der Waals surface area (Å²) in [6.45, 7) is 8.07. The van der Waals surface area contributed by atoms with Gasteiger partial charge in [-0.3, -0.25) is 4.79 Å². The van der Waals surface area contributed by atoms with Crippen LogP contribution in [0, 0.1) is 0 Å². The van der Waals surface area contributed by atoms with E-state index in [9.17, 15) is 14.7 Å². The summed E-state index contributed by atoms with van der Waals surface area (Å²) in [5.41, 5.74) is 0.768. The van der Waals surface area contributed by atoms with Crippen LogP contribution in [0.25, 0.3) is 0 Å². The highest BCUT2D eigenvalue weighted by atomic mass is 16.5. The second-order valence-electron chi connectivity index (χ2n) is 4.47. The van der Waals surface area contributed by atoms with Gasteiger partial charge in [-0.05, 0) is 31.1 Å². The molecule has 0 fully saturated rings. The van der Waals surface area contributed by atoms with Crippen LogP contribution < -0.4 is 4.74 Å². The highest BCUT2D eigenvalue weighted by Crippen LogP contribution is 2.25. The first-order valence-electron chi connectivity index (χ1n) is 6.75. The molecule has 1 rings (SSSR count). The first-order valence-corrected chi connectivity index (χ1v) is 6.75. The van der Waals surface area contributed by atoms with Crippen molar-refractivity contribution in [3.63, 3.8) is 0 Å². The Hall–Kier alpha value is -1.88. The third-order valence-corrected chi connectivity index (χ3v) is 3.16. The predicted molar refractivity (Wildman–Crippen MR) is 76.2 cm³/mol. The lowest BCUT2D eigenvalue weighted by molar-refractivity contribution is -0.131. The Morgan fingerprint density at radius 1 is 1.25 bits per heavy atom. The minimum absolute atomic E-state index is 0.0252. The largest absolute Gasteiger partial charge is 0.478 e. The molecular formula is C15H21NO4. The highest BCUT2D eigenvalue weighted by molar-refractivity contribution is 5.92. The average molecular weight is 279 g/mol. The summed E-state index contributed by atoms with van der Waals surface area (Å²) in [6.07, 6.45) is 0.644. The van der Waals surface area contributed by atoms with Crippen molar-refractivity contribution in [1.82, 2.24) is 4.90 Å². The molecule has 0 aromatic heterocycles. The Bertz CT molecular complexity index is 481. The first kappa shape index (κ1) is 16.2. The highest BCUT2D eigenvalue weighted by Gasteiger charge is 2.17. The SMILES string of the molecule is CCN(CC)CCc1cccc(C(=O)O)c1OC(C)=O. The predicted octanol–water partition coefficient (Wildman–Crippen LogP) is 2.19. The molecule has 0 aliphatic heterocycles. The lowest BCUT2D eigenvalue weighted by Gasteiger charge is -2.19. The van der Waals surface area contributed by atoms with E-state index in [0.717, 1.165) is 25.2 Å². The molecule has 0 atom stereocenters. The molecule has 0 amide bonds. The molecule has 0 spiro atoms.